The number of Topliss-reactive ketones (excluding diaryl/α,β-unsaturated/α-hetero) is 1. The number of benzene rings is 2. The average molecular weight is 505 g/mol. The molecule has 0 radical (unpaired) electrons. The highest BCUT2D eigenvalue weighted by Gasteiger charge is 2.26. The van der Waals surface area contributed by atoms with Crippen LogP contribution in [0.4, 0.5) is 0 Å². The van der Waals surface area contributed by atoms with Gasteiger partial charge in [0.15, 0.2) is 5.78 Å². The maximum atomic E-state index is 13.0. The van der Waals surface area contributed by atoms with Crippen LogP contribution in [-0.2, 0) is 32.1 Å². The zero-order valence-corrected chi connectivity index (χ0v) is 20.1. The van der Waals surface area contributed by atoms with Gasteiger partial charge in [-0.3, -0.25) is 19.2 Å². The van der Waals surface area contributed by atoms with E-state index in [9.17, 15) is 19.2 Å². The van der Waals surface area contributed by atoms with E-state index >= 15 is 0 Å². The van der Waals surface area contributed by atoms with Crippen molar-refractivity contribution < 1.29 is 19.2 Å². The van der Waals surface area contributed by atoms with Gasteiger partial charge in [0.2, 0.25) is 17.7 Å². The van der Waals surface area contributed by atoms with Gasteiger partial charge in [0.1, 0.15) is 12.1 Å². The first-order valence-corrected chi connectivity index (χ1v) is 11.3. The Balaban J connectivity index is 2.12. The SMILES string of the molecule is CC(=O)N[C@@H](Cc1ccc(Cl)cc1)C(=O)N[C@@H](CCC(=O)C=N)C(=O)NCc1ccc(Cl)cc1. The molecule has 3 amide bonds. The maximum absolute atomic E-state index is 13.0. The third kappa shape index (κ3) is 9.33. The minimum atomic E-state index is -1.04. The average Bonchev–Trinajstić information content (AvgIpc) is 2.81. The number of rotatable bonds is 12. The first-order valence-electron chi connectivity index (χ1n) is 10.5. The number of carbonyl (C=O) groups excluding carboxylic acids is 4. The molecule has 4 N–H and O–H groups in total. The van der Waals surface area contributed by atoms with Gasteiger partial charge in [-0.15, -0.1) is 0 Å². The van der Waals surface area contributed by atoms with Crippen LogP contribution in [0.15, 0.2) is 48.5 Å². The molecule has 34 heavy (non-hydrogen) atoms. The van der Waals surface area contributed by atoms with Crippen LogP contribution in [0.1, 0.15) is 30.9 Å². The molecule has 0 saturated heterocycles. The number of halogens is 2. The van der Waals surface area contributed by atoms with Gasteiger partial charge >= 0.3 is 0 Å². The summed E-state index contributed by atoms with van der Waals surface area (Å²) < 4.78 is 0. The Morgan fingerprint density at radius 2 is 1.41 bits per heavy atom. The quantitative estimate of drug-likeness (QED) is 0.331. The molecule has 10 heteroatoms. The molecule has 0 saturated carbocycles. The Bertz CT molecular complexity index is 1030. The van der Waals surface area contributed by atoms with Crippen molar-refractivity contribution in [1.29, 1.82) is 5.41 Å². The van der Waals surface area contributed by atoms with E-state index in [1.807, 2.05) is 0 Å². The number of ketones is 1. The molecule has 8 nitrogen and oxygen atoms in total. The van der Waals surface area contributed by atoms with Crippen LogP contribution >= 0.6 is 23.2 Å². The van der Waals surface area contributed by atoms with Crippen molar-refractivity contribution in [2.45, 2.75) is 44.8 Å². The van der Waals surface area contributed by atoms with Crippen LogP contribution in [-0.4, -0.2) is 41.8 Å². The lowest BCUT2D eigenvalue weighted by molar-refractivity contribution is -0.132. The van der Waals surface area contributed by atoms with Crippen LogP contribution in [0, 0.1) is 5.41 Å². The Morgan fingerprint density at radius 3 is 1.94 bits per heavy atom. The molecule has 0 heterocycles. The first kappa shape index (κ1) is 27.0. The highest BCUT2D eigenvalue weighted by Crippen LogP contribution is 2.12. The molecule has 0 spiro atoms. The monoisotopic (exact) mass is 504 g/mol. The lowest BCUT2D eigenvalue weighted by Crippen LogP contribution is -2.54. The Labute approximate surface area is 207 Å². The molecule has 180 valence electrons. The highest BCUT2D eigenvalue weighted by molar-refractivity contribution is 6.30. The van der Waals surface area contributed by atoms with Gasteiger partial charge < -0.3 is 21.4 Å². The molecule has 2 rings (SSSR count). The van der Waals surface area contributed by atoms with E-state index in [4.69, 9.17) is 28.6 Å². The zero-order valence-electron chi connectivity index (χ0n) is 18.6. The molecule has 0 bridgehead atoms. The Morgan fingerprint density at radius 1 is 0.853 bits per heavy atom. The van der Waals surface area contributed by atoms with E-state index < -0.39 is 35.6 Å². The van der Waals surface area contributed by atoms with E-state index in [1.165, 1.54) is 6.92 Å². The van der Waals surface area contributed by atoms with Crippen molar-refractivity contribution in [3.05, 3.63) is 69.7 Å². The molecule has 0 aromatic heterocycles. The zero-order chi connectivity index (χ0) is 25.1. The third-order valence-electron chi connectivity index (χ3n) is 4.90. The van der Waals surface area contributed by atoms with Gasteiger partial charge in [-0.1, -0.05) is 47.5 Å². The minimum absolute atomic E-state index is 0.000140. The van der Waals surface area contributed by atoms with Crippen molar-refractivity contribution in [1.82, 2.24) is 16.0 Å². The second-order valence-corrected chi connectivity index (χ2v) is 8.51. The smallest absolute Gasteiger partial charge is 0.243 e. The molecule has 0 aliphatic heterocycles. The summed E-state index contributed by atoms with van der Waals surface area (Å²) in [5.74, 6) is -1.94. The Kier molecular flexibility index (Phi) is 10.7. The number of hydrogen-bond acceptors (Lipinski definition) is 5. The Hall–Kier alpha value is -3.23. The molecule has 0 unspecified atom stereocenters. The van der Waals surface area contributed by atoms with Gasteiger partial charge in [-0.2, -0.15) is 0 Å². The molecule has 0 aliphatic rings. The summed E-state index contributed by atoms with van der Waals surface area (Å²) in [5, 5.41) is 16.1. The van der Waals surface area contributed by atoms with Crippen molar-refractivity contribution in [3.63, 3.8) is 0 Å². The van der Waals surface area contributed by atoms with E-state index in [0.717, 1.165) is 11.1 Å². The normalized spacial score (nSPS) is 12.2. The maximum Gasteiger partial charge on any atom is 0.243 e. The second kappa shape index (κ2) is 13.5. The summed E-state index contributed by atoms with van der Waals surface area (Å²) in [7, 11) is 0. The minimum Gasteiger partial charge on any atom is -0.350 e. The largest absolute Gasteiger partial charge is 0.350 e. The molecule has 2 aromatic rings. The molecule has 2 atom stereocenters. The van der Waals surface area contributed by atoms with Gasteiger partial charge in [0, 0.05) is 36.4 Å². The predicted molar refractivity (Wildman–Crippen MR) is 131 cm³/mol. The summed E-state index contributed by atoms with van der Waals surface area (Å²) >= 11 is 11.8. The van der Waals surface area contributed by atoms with E-state index in [0.29, 0.717) is 16.3 Å². The van der Waals surface area contributed by atoms with Gasteiger partial charge in [-0.05, 0) is 41.8 Å². The number of amides is 3. The fourth-order valence-electron chi connectivity index (χ4n) is 3.13. The van der Waals surface area contributed by atoms with Gasteiger partial charge in [0.25, 0.3) is 0 Å². The van der Waals surface area contributed by atoms with Crippen molar-refractivity contribution in [3.8, 4) is 0 Å². The number of carbonyl (C=O) groups is 4. The van der Waals surface area contributed by atoms with Crippen molar-refractivity contribution in [2.75, 3.05) is 0 Å². The van der Waals surface area contributed by atoms with E-state index in [2.05, 4.69) is 16.0 Å². The number of hydrogen-bond donors (Lipinski definition) is 4. The first-order chi connectivity index (χ1) is 16.2. The summed E-state index contributed by atoms with van der Waals surface area (Å²) in [5.41, 5.74) is 1.57. The van der Waals surface area contributed by atoms with Crippen LogP contribution in [0.5, 0.6) is 0 Å². The van der Waals surface area contributed by atoms with Gasteiger partial charge in [-0.25, -0.2) is 0 Å². The van der Waals surface area contributed by atoms with E-state index in [1.54, 1.807) is 48.5 Å². The van der Waals surface area contributed by atoms with Crippen LogP contribution in [0.2, 0.25) is 10.0 Å². The predicted octanol–water partition coefficient (Wildman–Crippen LogP) is 2.84. The lowest BCUT2D eigenvalue weighted by atomic mass is 10.0. The topological polar surface area (TPSA) is 128 Å². The van der Waals surface area contributed by atoms with Crippen LogP contribution in [0.25, 0.3) is 0 Å². The fraction of sp³-hybridized carbons (Fsp3) is 0.292. The summed E-state index contributed by atoms with van der Waals surface area (Å²) in [6, 6.07) is 11.8. The van der Waals surface area contributed by atoms with E-state index in [-0.39, 0.29) is 25.8 Å². The summed E-state index contributed by atoms with van der Waals surface area (Å²) in [6.45, 7) is 1.49. The van der Waals surface area contributed by atoms with Crippen molar-refractivity contribution in [2.24, 2.45) is 0 Å². The van der Waals surface area contributed by atoms with Crippen LogP contribution in [0.3, 0.4) is 0 Å². The number of nitrogens with one attached hydrogen (secondary N) is 4. The molecule has 0 fully saturated rings. The third-order valence-corrected chi connectivity index (χ3v) is 5.40. The molecule has 0 aliphatic carbocycles. The molecular weight excluding hydrogens is 479 g/mol. The summed E-state index contributed by atoms with van der Waals surface area (Å²) in [4.78, 5) is 49.2. The standard InChI is InChI=1S/C24H26Cl2N4O4/c1-15(31)29-22(12-16-2-6-18(25)7-3-16)24(34)30-21(11-10-20(32)13-27)23(33)28-14-17-4-8-19(26)9-5-17/h2-9,13,21-22,27H,10-12,14H2,1H3,(H,28,33)(H,29,31)(H,30,34)/t21-,22-/m0/s1. The fourth-order valence-corrected chi connectivity index (χ4v) is 3.38. The van der Waals surface area contributed by atoms with Gasteiger partial charge in [0.05, 0.1) is 6.21 Å². The molecule has 2 aromatic carbocycles. The summed E-state index contributed by atoms with van der Waals surface area (Å²) in [6.07, 6.45) is 0.761. The lowest BCUT2D eigenvalue weighted by Gasteiger charge is -2.23. The second-order valence-electron chi connectivity index (χ2n) is 7.64. The highest BCUT2D eigenvalue weighted by atomic mass is 35.5. The molecular formula is C24H26Cl2N4O4. The van der Waals surface area contributed by atoms with Crippen LogP contribution < -0.4 is 16.0 Å². The van der Waals surface area contributed by atoms with Crippen molar-refractivity contribution >= 4 is 52.9 Å².